The molecule has 0 spiro atoms. The molecule has 71 valence electrons. The van der Waals surface area contributed by atoms with E-state index in [2.05, 4.69) is 5.32 Å². The summed E-state index contributed by atoms with van der Waals surface area (Å²) in [4.78, 5) is 0. The predicted octanol–water partition coefficient (Wildman–Crippen LogP) is 2.96. The van der Waals surface area contributed by atoms with E-state index in [1.165, 1.54) is 0 Å². The third-order valence-electron chi connectivity index (χ3n) is 1.81. The highest BCUT2D eigenvalue weighted by Crippen LogP contribution is 2.14. The average Bonchev–Trinajstić information content (AvgIpc) is 2.09. The first-order valence-electron chi connectivity index (χ1n) is 4.32. The molecule has 1 rings (SSSR count). The second kappa shape index (κ2) is 5.10. The zero-order chi connectivity index (χ0) is 9.68. The molecule has 1 radical (unpaired) electrons. The average molecular weight is 199 g/mol. The van der Waals surface area contributed by atoms with Gasteiger partial charge >= 0.3 is 0 Å². The highest BCUT2D eigenvalue weighted by Gasteiger charge is 2.00. The van der Waals surface area contributed by atoms with Crippen molar-refractivity contribution in [2.24, 2.45) is 0 Å². The molecule has 0 aliphatic carbocycles. The standard InChI is InChI=1S/C10H13ClNO/c1-8(6-7-13)12-10-4-2-9(11)3-5-10/h2-5,8,12H,6-7H2,1H3. The summed E-state index contributed by atoms with van der Waals surface area (Å²) >= 11 is 5.73. The van der Waals surface area contributed by atoms with Crippen molar-refractivity contribution in [3.8, 4) is 0 Å². The van der Waals surface area contributed by atoms with Crippen molar-refractivity contribution in [3.05, 3.63) is 29.3 Å². The van der Waals surface area contributed by atoms with Crippen LogP contribution in [0, 0.1) is 0 Å². The third-order valence-corrected chi connectivity index (χ3v) is 2.06. The maximum atomic E-state index is 10.3. The first-order chi connectivity index (χ1) is 6.22. The van der Waals surface area contributed by atoms with Crippen molar-refractivity contribution in [2.75, 3.05) is 11.9 Å². The minimum atomic E-state index is -0.0399. The fourth-order valence-corrected chi connectivity index (χ4v) is 1.21. The van der Waals surface area contributed by atoms with E-state index in [-0.39, 0.29) is 12.6 Å². The molecule has 0 aliphatic heterocycles. The molecule has 1 unspecified atom stereocenters. The molecular formula is C10H13ClNO. The summed E-state index contributed by atoms with van der Waals surface area (Å²) in [7, 11) is 0. The van der Waals surface area contributed by atoms with E-state index in [4.69, 9.17) is 11.6 Å². The molecular weight excluding hydrogens is 186 g/mol. The zero-order valence-corrected chi connectivity index (χ0v) is 8.34. The zero-order valence-electron chi connectivity index (χ0n) is 7.59. The van der Waals surface area contributed by atoms with E-state index >= 15 is 0 Å². The summed E-state index contributed by atoms with van der Waals surface area (Å²) in [5, 5.41) is 14.3. The molecule has 0 aromatic heterocycles. The highest BCUT2D eigenvalue weighted by atomic mass is 35.5. The summed E-state index contributed by atoms with van der Waals surface area (Å²) in [6.45, 7) is 1.95. The minimum Gasteiger partial charge on any atom is -0.383 e. The number of anilines is 1. The highest BCUT2D eigenvalue weighted by molar-refractivity contribution is 6.30. The Bertz CT molecular complexity index is 248. The van der Waals surface area contributed by atoms with Gasteiger partial charge in [0, 0.05) is 16.8 Å². The molecule has 1 aromatic carbocycles. The van der Waals surface area contributed by atoms with Crippen LogP contribution >= 0.6 is 11.6 Å². The lowest BCUT2D eigenvalue weighted by Crippen LogP contribution is -2.15. The Labute approximate surface area is 83.5 Å². The molecule has 1 N–H and O–H groups in total. The molecule has 0 saturated carbocycles. The normalized spacial score (nSPS) is 12.5. The Balaban J connectivity index is 2.49. The van der Waals surface area contributed by atoms with Crippen LogP contribution in [0.4, 0.5) is 5.69 Å². The van der Waals surface area contributed by atoms with Crippen LogP contribution in [-0.4, -0.2) is 12.6 Å². The van der Waals surface area contributed by atoms with Crippen LogP contribution in [0.2, 0.25) is 5.02 Å². The van der Waals surface area contributed by atoms with Gasteiger partial charge in [-0.25, -0.2) is 5.11 Å². The van der Waals surface area contributed by atoms with E-state index in [0.29, 0.717) is 6.42 Å². The van der Waals surface area contributed by atoms with Crippen LogP contribution in [0.3, 0.4) is 0 Å². The number of benzene rings is 1. The Morgan fingerprint density at radius 3 is 2.54 bits per heavy atom. The fourth-order valence-electron chi connectivity index (χ4n) is 1.08. The van der Waals surface area contributed by atoms with Crippen molar-refractivity contribution < 1.29 is 5.11 Å². The first-order valence-corrected chi connectivity index (χ1v) is 4.70. The maximum Gasteiger partial charge on any atom is 0.0841 e. The molecule has 1 atom stereocenters. The van der Waals surface area contributed by atoms with E-state index in [1.54, 1.807) is 0 Å². The number of nitrogens with one attached hydrogen (secondary N) is 1. The molecule has 2 nitrogen and oxygen atoms in total. The Hall–Kier alpha value is -0.730. The molecule has 0 saturated heterocycles. The van der Waals surface area contributed by atoms with Crippen LogP contribution in [0.15, 0.2) is 24.3 Å². The van der Waals surface area contributed by atoms with Gasteiger partial charge in [-0.05, 0) is 37.6 Å². The van der Waals surface area contributed by atoms with E-state index in [1.807, 2.05) is 31.2 Å². The van der Waals surface area contributed by atoms with E-state index in [9.17, 15) is 5.11 Å². The van der Waals surface area contributed by atoms with Gasteiger partial charge < -0.3 is 5.32 Å². The van der Waals surface area contributed by atoms with Gasteiger partial charge in [-0.15, -0.1) is 0 Å². The van der Waals surface area contributed by atoms with Crippen LogP contribution in [0.25, 0.3) is 0 Å². The summed E-state index contributed by atoms with van der Waals surface area (Å²) < 4.78 is 0. The van der Waals surface area contributed by atoms with Gasteiger partial charge in [-0.2, -0.15) is 0 Å². The van der Waals surface area contributed by atoms with Crippen molar-refractivity contribution in [3.63, 3.8) is 0 Å². The van der Waals surface area contributed by atoms with Crippen LogP contribution in [0.1, 0.15) is 13.3 Å². The number of hydrogen-bond acceptors (Lipinski definition) is 1. The molecule has 0 aliphatic rings. The van der Waals surface area contributed by atoms with Crippen LogP contribution in [0.5, 0.6) is 0 Å². The number of hydrogen-bond donors (Lipinski definition) is 1. The topological polar surface area (TPSA) is 31.9 Å². The molecule has 13 heavy (non-hydrogen) atoms. The van der Waals surface area contributed by atoms with Crippen molar-refractivity contribution >= 4 is 17.3 Å². The lowest BCUT2D eigenvalue weighted by Gasteiger charge is -2.13. The number of rotatable bonds is 4. The molecule has 3 heteroatoms. The monoisotopic (exact) mass is 198 g/mol. The summed E-state index contributed by atoms with van der Waals surface area (Å²) in [6.07, 6.45) is 0.641. The Kier molecular flexibility index (Phi) is 4.06. The van der Waals surface area contributed by atoms with Gasteiger partial charge in [0.05, 0.1) is 6.61 Å². The second-order valence-corrected chi connectivity index (χ2v) is 3.48. The lowest BCUT2D eigenvalue weighted by molar-refractivity contribution is 0.185. The van der Waals surface area contributed by atoms with Crippen LogP contribution in [-0.2, 0) is 5.11 Å². The van der Waals surface area contributed by atoms with Crippen LogP contribution < -0.4 is 5.32 Å². The smallest absolute Gasteiger partial charge is 0.0841 e. The third kappa shape index (κ3) is 3.66. The quantitative estimate of drug-likeness (QED) is 0.793. The predicted molar refractivity (Wildman–Crippen MR) is 54.7 cm³/mol. The van der Waals surface area contributed by atoms with E-state index < -0.39 is 0 Å². The molecule has 1 aromatic rings. The Morgan fingerprint density at radius 1 is 1.38 bits per heavy atom. The summed E-state index contributed by atoms with van der Waals surface area (Å²) in [5.41, 5.74) is 1.00. The Morgan fingerprint density at radius 2 is 2.00 bits per heavy atom. The molecule has 0 amide bonds. The minimum absolute atomic E-state index is 0.0399. The van der Waals surface area contributed by atoms with Gasteiger partial charge in [0.15, 0.2) is 0 Å². The largest absolute Gasteiger partial charge is 0.383 e. The molecule has 0 heterocycles. The van der Waals surface area contributed by atoms with Gasteiger partial charge in [0.1, 0.15) is 0 Å². The lowest BCUT2D eigenvalue weighted by atomic mass is 10.2. The van der Waals surface area contributed by atoms with E-state index in [0.717, 1.165) is 10.7 Å². The van der Waals surface area contributed by atoms with Crippen molar-refractivity contribution in [1.82, 2.24) is 0 Å². The second-order valence-electron chi connectivity index (χ2n) is 3.05. The van der Waals surface area contributed by atoms with Gasteiger partial charge in [0.25, 0.3) is 0 Å². The van der Waals surface area contributed by atoms with Gasteiger partial charge in [-0.3, -0.25) is 0 Å². The van der Waals surface area contributed by atoms with Gasteiger partial charge in [-0.1, -0.05) is 11.6 Å². The summed E-state index contributed by atoms with van der Waals surface area (Å²) in [5.74, 6) is 0. The number of halogens is 1. The first kappa shape index (κ1) is 10.4. The van der Waals surface area contributed by atoms with Gasteiger partial charge in [0.2, 0.25) is 0 Å². The molecule has 0 bridgehead atoms. The van der Waals surface area contributed by atoms with Crippen molar-refractivity contribution in [1.29, 1.82) is 0 Å². The fraction of sp³-hybridized carbons (Fsp3) is 0.400. The summed E-state index contributed by atoms with van der Waals surface area (Å²) in [6, 6.07) is 7.69. The molecule has 0 fully saturated rings. The maximum absolute atomic E-state index is 10.3. The SMILES string of the molecule is CC(CC[O])Nc1ccc(Cl)cc1. The van der Waals surface area contributed by atoms with Crippen molar-refractivity contribution in [2.45, 2.75) is 19.4 Å².